The van der Waals surface area contributed by atoms with E-state index < -0.39 is 11.6 Å². The van der Waals surface area contributed by atoms with Gasteiger partial charge in [-0.25, -0.2) is 9.78 Å². The van der Waals surface area contributed by atoms with Gasteiger partial charge >= 0.3 is 6.09 Å². The standard InChI is InChI=1S/C17H20BrN3O3S/c1-17(2,3)21(16(23)24)10-9-19-14(22)12-13(25-15(18)20-12)11-7-5-4-6-8-11/h4-8H,9-10H2,1-3H3,(H,19,22)(H,23,24). The van der Waals surface area contributed by atoms with Gasteiger partial charge in [0.25, 0.3) is 5.91 Å². The van der Waals surface area contributed by atoms with Crippen LogP contribution in [0, 0.1) is 0 Å². The van der Waals surface area contributed by atoms with Crippen LogP contribution in [0.25, 0.3) is 10.4 Å². The molecule has 1 aromatic heterocycles. The molecule has 0 spiro atoms. The number of benzene rings is 1. The minimum absolute atomic E-state index is 0.205. The van der Waals surface area contributed by atoms with Crippen LogP contribution in [0.1, 0.15) is 31.3 Å². The van der Waals surface area contributed by atoms with Crippen molar-refractivity contribution in [1.29, 1.82) is 0 Å². The van der Waals surface area contributed by atoms with Crippen LogP contribution in [0.4, 0.5) is 4.79 Å². The first-order valence-electron chi connectivity index (χ1n) is 7.70. The number of hydrogen-bond donors (Lipinski definition) is 2. The van der Waals surface area contributed by atoms with Crippen LogP contribution >= 0.6 is 27.3 Å². The third-order valence-electron chi connectivity index (χ3n) is 3.51. The fourth-order valence-corrected chi connectivity index (χ4v) is 3.77. The second kappa shape index (κ2) is 7.97. The molecule has 0 bridgehead atoms. The van der Waals surface area contributed by atoms with Crippen LogP contribution in [0.15, 0.2) is 34.2 Å². The van der Waals surface area contributed by atoms with E-state index in [1.807, 2.05) is 51.1 Å². The monoisotopic (exact) mass is 425 g/mol. The first-order valence-corrected chi connectivity index (χ1v) is 9.31. The van der Waals surface area contributed by atoms with Crippen LogP contribution in [0.2, 0.25) is 0 Å². The van der Waals surface area contributed by atoms with Crippen LogP contribution in [-0.2, 0) is 0 Å². The molecule has 0 saturated heterocycles. The molecule has 0 fully saturated rings. The number of hydrogen-bond acceptors (Lipinski definition) is 4. The molecule has 2 aromatic rings. The Bertz CT molecular complexity index is 756. The first kappa shape index (κ1) is 19.4. The quantitative estimate of drug-likeness (QED) is 0.755. The lowest BCUT2D eigenvalue weighted by Crippen LogP contribution is -2.48. The second-order valence-electron chi connectivity index (χ2n) is 6.37. The summed E-state index contributed by atoms with van der Waals surface area (Å²) < 4.78 is 0.623. The summed E-state index contributed by atoms with van der Waals surface area (Å²) >= 11 is 4.71. The summed E-state index contributed by atoms with van der Waals surface area (Å²) in [6, 6.07) is 9.55. The molecule has 0 aliphatic carbocycles. The molecular weight excluding hydrogens is 406 g/mol. The Hall–Kier alpha value is -1.93. The lowest BCUT2D eigenvalue weighted by atomic mass is 10.1. The number of carbonyl (C=O) groups excluding carboxylic acids is 1. The van der Waals surface area contributed by atoms with Crippen molar-refractivity contribution in [2.45, 2.75) is 26.3 Å². The molecule has 25 heavy (non-hydrogen) atoms. The molecule has 0 unspecified atom stereocenters. The van der Waals surface area contributed by atoms with Crippen LogP contribution in [-0.4, -0.2) is 45.6 Å². The number of halogens is 1. The third kappa shape index (κ3) is 5.02. The van der Waals surface area contributed by atoms with Crippen molar-refractivity contribution in [2.75, 3.05) is 13.1 Å². The van der Waals surface area contributed by atoms with Crippen molar-refractivity contribution in [2.24, 2.45) is 0 Å². The summed E-state index contributed by atoms with van der Waals surface area (Å²) in [6.07, 6.45) is -1.01. The fraction of sp³-hybridized carbons (Fsp3) is 0.353. The van der Waals surface area contributed by atoms with Crippen molar-refractivity contribution >= 4 is 39.3 Å². The number of nitrogens with zero attached hydrogens (tertiary/aromatic N) is 2. The number of carboxylic acid groups (broad SMARTS) is 1. The van der Waals surface area contributed by atoms with E-state index >= 15 is 0 Å². The van der Waals surface area contributed by atoms with Crippen LogP contribution in [0.3, 0.4) is 0 Å². The summed E-state index contributed by atoms with van der Waals surface area (Å²) in [7, 11) is 0. The Morgan fingerprint density at radius 3 is 2.48 bits per heavy atom. The zero-order valence-corrected chi connectivity index (χ0v) is 16.6. The van der Waals surface area contributed by atoms with Crippen molar-refractivity contribution < 1.29 is 14.7 Å². The van der Waals surface area contributed by atoms with E-state index in [1.54, 1.807) is 0 Å². The number of aromatic nitrogens is 1. The summed E-state index contributed by atoms with van der Waals surface area (Å²) in [4.78, 5) is 30.2. The molecule has 134 valence electrons. The Labute approximate surface area is 159 Å². The Morgan fingerprint density at radius 2 is 1.92 bits per heavy atom. The van der Waals surface area contributed by atoms with Gasteiger partial charge in [-0.15, -0.1) is 11.3 Å². The highest BCUT2D eigenvalue weighted by Crippen LogP contribution is 2.32. The molecule has 0 radical (unpaired) electrons. The molecule has 2 amide bonds. The molecule has 2 rings (SSSR count). The zero-order valence-electron chi connectivity index (χ0n) is 14.2. The molecule has 0 aliphatic heterocycles. The number of carbonyl (C=O) groups is 2. The number of nitrogens with one attached hydrogen (secondary N) is 1. The van der Waals surface area contributed by atoms with Gasteiger partial charge in [-0.3, -0.25) is 4.79 Å². The maximum atomic E-state index is 12.5. The van der Waals surface area contributed by atoms with E-state index in [0.29, 0.717) is 9.61 Å². The smallest absolute Gasteiger partial charge is 0.407 e. The van der Waals surface area contributed by atoms with Gasteiger partial charge < -0.3 is 15.3 Å². The maximum Gasteiger partial charge on any atom is 0.407 e. The lowest BCUT2D eigenvalue weighted by Gasteiger charge is -2.33. The van der Waals surface area contributed by atoms with Crippen LogP contribution in [0.5, 0.6) is 0 Å². The third-order valence-corrected chi connectivity index (χ3v) is 5.07. The van der Waals surface area contributed by atoms with E-state index in [-0.39, 0.29) is 19.0 Å². The van der Waals surface area contributed by atoms with E-state index in [4.69, 9.17) is 0 Å². The first-order chi connectivity index (χ1) is 11.7. The Kier molecular flexibility index (Phi) is 6.18. The topological polar surface area (TPSA) is 82.5 Å². The average Bonchev–Trinajstić information content (AvgIpc) is 2.92. The van der Waals surface area contributed by atoms with Crippen molar-refractivity contribution in [3.05, 3.63) is 39.9 Å². The Balaban J connectivity index is 2.08. The zero-order chi connectivity index (χ0) is 18.6. The minimum Gasteiger partial charge on any atom is -0.465 e. The van der Waals surface area contributed by atoms with Gasteiger partial charge in [-0.1, -0.05) is 30.3 Å². The number of thiazole rings is 1. The molecule has 1 aromatic carbocycles. The summed E-state index contributed by atoms with van der Waals surface area (Å²) in [5, 5.41) is 12.0. The summed E-state index contributed by atoms with van der Waals surface area (Å²) in [5.41, 5.74) is 0.716. The van der Waals surface area contributed by atoms with Crippen molar-refractivity contribution in [3.63, 3.8) is 0 Å². The molecular formula is C17H20BrN3O3S. The highest BCUT2D eigenvalue weighted by Gasteiger charge is 2.26. The van der Waals surface area contributed by atoms with Crippen molar-refractivity contribution in [1.82, 2.24) is 15.2 Å². The number of rotatable bonds is 5. The highest BCUT2D eigenvalue weighted by atomic mass is 79.9. The number of amides is 2. The van der Waals surface area contributed by atoms with Gasteiger partial charge in [0.2, 0.25) is 0 Å². The van der Waals surface area contributed by atoms with Crippen molar-refractivity contribution in [3.8, 4) is 10.4 Å². The fourth-order valence-electron chi connectivity index (χ4n) is 2.32. The van der Waals surface area contributed by atoms with Gasteiger partial charge in [0.15, 0.2) is 3.92 Å². The van der Waals surface area contributed by atoms with Gasteiger partial charge in [0.05, 0.1) is 4.88 Å². The molecule has 0 atom stereocenters. The predicted molar refractivity (Wildman–Crippen MR) is 102 cm³/mol. The molecule has 0 aliphatic rings. The molecule has 2 N–H and O–H groups in total. The maximum absolute atomic E-state index is 12.5. The SMILES string of the molecule is CC(C)(C)N(CCNC(=O)c1nc(Br)sc1-c1ccccc1)C(=O)O. The molecule has 1 heterocycles. The minimum atomic E-state index is -1.01. The van der Waals surface area contributed by atoms with Gasteiger partial charge in [0, 0.05) is 18.6 Å². The highest BCUT2D eigenvalue weighted by molar-refractivity contribution is 9.11. The summed E-state index contributed by atoms with van der Waals surface area (Å²) in [6.45, 7) is 5.86. The average molecular weight is 426 g/mol. The predicted octanol–water partition coefficient (Wildman–Crippen LogP) is 4.08. The molecule has 0 saturated carbocycles. The van der Waals surface area contributed by atoms with Crippen LogP contribution < -0.4 is 5.32 Å². The second-order valence-corrected chi connectivity index (χ2v) is 8.65. The summed E-state index contributed by atoms with van der Waals surface area (Å²) in [5.74, 6) is -0.319. The van der Waals surface area contributed by atoms with E-state index in [1.165, 1.54) is 16.2 Å². The molecule has 8 heteroatoms. The molecule has 6 nitrogen and oxygen atoms in total. The normalized spacial score (nSPS) is 11.2. The van der Waals surface area contributed by atoms with Gasteiger partial charge in [-0.2, -0.15) is 0 Å². The van der Waals surface area contributed by atoms with E-state index in [2.05, 4.69) is 26.2 Å². The lowest BCUT2D eigenvalue weighted by molar-refractivity contribution is 0.0889. The Morgan fingerprint density at radius 1 is 1.28 bits per heavy atom. The van der Waals surface area contributed by atoms with E-state index in [9.17, 15) is 14.7 Å². The largest absolute Gasteiger partial charge is 0.465 e. The van der Waals surface area contributed by atoms with Gasteiger partial charge in [0.1, 0.15) is 5.69 Å². The van der Waals surface area contributed by atoms with E-state index in [0.717, 1.165) is 10.4 Å². The van der Waals surface area contributed by atoms with Gasteiger partial charge in [-0.05, 0) is 42.3 Å².